The summed E-state index contributed by atoms with van der Waals surface area (Å²) < 4.78 is 11.4. The average Bonchev–Trinajstić information content (AvgIpc) is 2.92. The van der Waals surface area contributed by atoms with Crippen molar-refractivity contribution in [3.05, 3.63) is 77.0 Å². The number of carbonyl (C=O) groups excluding carboxylic acids is 1. The smallest absolute Gasteiger partial charge is 0.259 e. The molecule has 212 valence electrons. The lowest BCUT2D eigenvalue weighted by Crippen LogP contribution is -2.30. The molecular weight excluding hydrogens is 484 g/mol. The maximum atomic E-state index is 13.0. The summed E-state index contributed by atoms with van der Waals surface area (Å²) in [6, 6.07) is 10.4. The Bertz CT molecular complexity index is 1180. The number of hydrogen-bond donors (Lipinski definition) is 1. The van der Waals surface area contributed by atoms with E-state index in [2.05, 4.69) is 94.4 Å². The van der Waals surface area contributed by atoms with Crippen molar-refractivity contribution in [2.45, 2.75) is 80.7 Å². The van der Waals surface area contributed by atoms with E-state index in [-0.39, 0.29) is 11.9 Å². The van der Waals surface area contributed by atoms with Crippen LogP contribution in [-0.4, -0.2) is 26.2 Å². The first-order chi connectivity index (χ1) is 18.6. The lowest BCUT2D eigenvalue weighted by Gasteiger charge is -2.26. The van der Waals surface area contributed by atoms with Crippen molar-refractivity contribution in [3.8, 4) is 11.5 Å². The Morgan fingerprint density at radius 1 is 1.03 bits per heavy atom. The van der Waals surface area contributed by atoms with Gasteiger partial charge in [0.15, 0.2) is 0 Å². The fourth-order valence-corrected chi connectivity index (χ4v) is 4.21. The highest BCUT2D eigenvalue weighted by Crippen LogP contribution is 2.39. The average molecular weight is 533 g/mol. The van der Waals surface area contributed by atoms with E-state index >= 15 is 0 Å². The topological polar surface area (TPSA) is 50.8 Å². The third-order valence-corrected chi connectivity index (χ3v) is 6.75. The molecule has 5 heteroatoms. The molecule has 5 nitrogen and oxygen atoms in total. The van der Waals surface area contributed by atoms with Crippen LogP contribution in [0.15, 0.2) is 60.3 Å². The van der Waals surface area contributed by atoms with Crippen LogP contribution in [0, 0.1) is 12.8 Å². The Hall–Kier alpha value is -3.47. The first kappa shape index (κ1) is 31.7. The van der Waals surface area contributed by atoms with Gasteiger partial charge in [0, 0.05) is 30.1 Å². The Kier molecular flexibility index (Phi) is 12.4. The third-order valence-electron chi connectivity index (χ3n) is 6.75. The molecule has 1 unspecified atom stereocenters. The number of nitrogens with zero attached hydrogens (tertiary/aromatic N) is 1. The number of carbonyl (C=O) groups is 1. The van der Waals surface area contributed by atoms with Crippen LogP contribution >= 0.6 is 0 Å². The van der Waals surface area contributed by atoms with Crippen molar-refractivity contribution >= 4 is 22.9 Å². The van der Waals surface area contributed by atoms with Crippen molar-refractivity contribution in [1.29, 1.82) is 0 Å². The number of aryl methyl sites for hydroxylation is 1. The number of amides is 1. The van der Waals surface area contributed by atoms with Gasteiger partial charge in [0.25, 0.3) is 5.91 Å². The first-order valence-electron chi connectivity index (χ1n) is 14.1. The number of rotatable bonds is 13. The molecule has 0 aliphatic heterocycles. The van der Waals surface area contributed by atoms with Gasteiger partial charge in [-0.25, -0.2) is 0 Å². The molecule has 0 fully saturated rings. The SMILES string of the molecule is CC/C=C/C(=C\C(C)CC)c1ccc(N(/C=C(/C)CC)c2cc(OC)c(C(=O)NC(C)C)c(OC)c2)c(C)c1. The lowest BCUT2D eigenvalue weighted by atomic mass is 9.96. The maximum Gasteiger partial charge on any atom is 0.259 e. The predicted molar refractivity (Wildman–Crippen MR) is 166 cm³/mol. The van der Waals surface area contributed by atoms with Crippen molar-refractivity contribution in [2.75, 3.05) is 19.1 Å². The van der Waals surface area contributed by atoms with Crippen LogP contribution in [0.2, 0.25) is 0 Å². The summed E-state index contributed by atoms with van der Waals surface area (Å²) in [5, 5.41) is 2.95. The largest absolute Gasteiger partial charge is 0.496 e. The standard InChI is InChI=1S/C34H48N2O3/c1-11-14-15-27(18-24(6)12-2)28-16-17-30(26(8)19-28)36(22-25(7)13-3)29-20-31(38-9)33(32(21-29)39-10)34(37)35-23(4)5/h14-24H,11-13H2,1-10H3,(H,35,37)/b15-14+,25-22-,27-18+. The molecule has 1 N–H and O–H groups in total. The minimum atomic E-state index is -0.224. The molecule has 0 bridgehead atoms. The van der Waals surface area contributed by atoms with Crippen molar-refractivity contribution in [2.24, 2.45) is 5.92 Å². The van der Waals surface area contributed by atoms with Gasteiger partial charge in [-0.3, -0.25) is 4.79 Å². The zero-order valence-electron chi connectivity index (χ0n) is 25.6. The summed E-state index contributed by atoms with van der Waals surface area (Å²) >= 11 is 0. The Balaban J connectivity index is 2.72. The van der Waals surface area contributed by atoms with E-state index in [4.69, 9.17) is 9.47 Å². The fourth-order valence-electron chi connectivity index (χ4n) is 4.21. The van der Waals surface area contributed by atoms with Crippen LogP contribution in [0.1, 0.15) is 89.2 Å². The van der Waals surface area contributed by atoms with Gasteiger partial charge >= 0.3 is 0 Å². The van der Waals surface area contributed by atoms with Crippen LogP contribution in [0.25, 0.3) is 5.57 Å². The second-order valence-corrected chi connectivity index (χ2v) is 10.4. The Morgan fingerprint density at radius 2 is 1.67 bits per heavy atom. The zero-order chi connectivity index (χ0) is 29.1. The number of anilines is 2. The summed E-state index contributed by atoms with van der Waals surface area (Å²) in [4.78, 5) is 15.2. The molecule has 0 spiro atoms. The van der Waals surface area contributed by atoms with Crippen LogP contribution in [0.4, 0.5) is 11.4 Å². The Labute approximate surface area is 236 Å². The molecule has 0 radical (unpaired) electrons. The third kappa shape index (κ3) is 8.51. The molecule has 0 saturated carbocycles. The highest BCUT2D eigenvalue weighted by molar-refractivity contribution is 6.01. The molecule has 0 saturated heterocycles. The van der Waals surface area contributed by atoms with Gasteiger partial charge < -0.3 is 19.7 Å². The maximum absolute atomic E-state index is 13.0. The normalized spacial score (nSPS) is 13.1. The lowest BCUT2D eigenvalue weighted by molar-refractivity contribution is 0.0937. The molecule has 1 amide bonds. The molecule has 0 aromatic heterocycles. The second-order valence-electron chi connectivity index (χ2n) is 10.4. The number of ether oxygens (including phenoxy) is 2. The number of benzene rings is 2. The molecule has 0 aliphatic rings. The van der Waals surface area contributed by atoms with E-state index in [1.807, 2.05) is 26.0 Å². The van der Waals surface area contributed by atoms with Gasteiger partial charge in [-0.2, -0.15) is 0 Å². The minimum absolute atomic E-state index is 0.00851. The fraction of sp³-hybridized carbons (Fsp3) is 0.441. The summed E-state index contributed by atoms with van der Waals surface area (Å²) in [5.74, 6) is 1.21. The quantitative estimate of drug-likeness (QED) is 0.262. The highest BCUT2D eigenvalue weighted by atomic mass is 16.5. The van der Waals surface area contributed by atoms with Crippen molar-refractivity contribution in [3.63, 3.8) is 0 Å². The molecule has 2 aromatic rings. The summed E-state index contributed by atoms with van der Waals surface area (Å²) in [6.07, 6.45) is 12.0. The van der Waals surface area contributed by atoms with Gasteiger partial charge in [0.1, 0.15) is 17.1 Å². The molecule has 1 atom stereocenters. The van der Waals surface area contributed by atoms with E-state index in [1.54, 1.807) is 14.2 Å². The van der Waals surface area contributed by atoms with Gasteiger partial charge in [-0.05, 0) is 75.3 Å². The number of nitrogens with one attached hydrogen (secondary N) is 1. The van der Waals surface area contributed by atoms with Crippen molar-refractivity contribution in [1.82, 2.24) is 5.32 Å². The second kappa shape index (κ2) is 15.2. The van der Waals surface area contributed by atoms with Gasteiger partial charge in [-0.1, -0.05) is 64.0 Å². The first-order valence-corrected chi connectivity index (χ1v) is 14.1. The zero-order valence-corrected chi connectivity index (χ0v) is 25.6. The van der Waals surface area contributed by atoms with Crippen LogP contribution in [-0.2, 0) is 0 Å². The van der Waals surface area contributed by atoms with E-state index in [1.165, 1.54) is 16.7 Å². The molecule has 39 heavy (non-hydrogen) atoms. The monoisotopic (exact) mass is 532 g/mol. The number of allylic oxidation sites excluding steroid dienone is 5. The highest BCUT2D eigenvalue weighted by Gasteiger charge is 2.23. The minimum Gasteiger partial charge on any atom is -0.496 e. The van der Waals surface area contributed by atoms with Gasteiger partial charge in [0.2, 0.25) is 0 Å². The molecule has 0 aliphatic carbocycles. The van der Waals surface area contributed by atoms with Crippen LogP contribution < -0.4 is 19.7 Å². The van der Waals surface area contributed by atoms with E-state index in [0.29, 0.717) is 23.0 Å². The van der Waals surface area contributed by atoms with Gasteiger partial charge in [-0.15, -0.1) is 0 Å². The molecule has 0 heterocycles. The number of hydrogen-bond acceptors (Lipinski definition) is 4. The molecular formula is C34H48N2O3. The summed E-state index contributed by atoms with van der Waals surface area (Å²) in [6.45, 7) is 16.9. The molecule has 2 rings (SSSR count). The van der Waals surface area contributed by atoms with Crippen LogP contribution in [0.3, 0.4) is 0 Å². The Morgan fingerprint density at radius 3 is 2.15 bits per heavy atom. The predicted octanol–water partition coefficient (Wildman–Crippen LogP) is 9.00. The van der Waals surface area contributed by atoms with E-state index < -0.39 is 0 Å². The van der Waals surface area contributed by atoms with Crippen LogP contribution in [0.5, 0.6) is 11.5 Å². The van der Waals surface area contributed by atoms with E-state index in [9.17, 15) is 4.79 Å². The summed E-state index contributed by atoms with van der Waals surface area (Å²) in [5.41, 5.74) is 7.12. The molecule has 2 aromatic carbocycles. The van der Waals surface area contributed by atoms with Gasteiger partial charge in [0.05, 0.1) is 19.9 Å². The number of methoxy groups -OCH3 is 2. The van der Waals surface area contributed by atoms with Crippen molar-refractivity contribution < 1.29 is 14.3 Å². The summed E-state index contributed by atoms with van der Waals surface area (Å²) in [7, 11) is 3.16. The van der Waals surface area contributed by atoms with E-state index in [0.717, 1.165) is 36.2 Å².